The SMILES string of the molecule is C=C(C)c1ccc(C)cc1SC. The summed E-state index contributed by atoms with van der Waals surface area (Å²) in [5.74, 6) is 0. The lowest BCUT2D eigenvalue weighted by Crippen LogP contribution is -1.84. The fourth-order valence-corrected chi connectivity index (χ4v) is 1.92. The van der Waals surface area contributed by atoms with Gasteiger partial charge in [-0.25, -0.2) is 0 Å². The van der Waals surface area contributed by atoms with Gasteiger partial charge in [-0.2, -0.15) is 0 Å². The topological polar surface area (TPSA) is 0 Å². The Bertz CT molecular complexity index is 300. The highest BCUT2D eigenvalue weighted by Crippen LogP contribution is 2.26. The molecule has 0 saturated carbocycles. The molecule has 0 aliphatic heterocycles. The Hall–Kier alpha value is -0.690. The Balaban J connectivity index is 3.20. The monoisotopic (exact) mass is 178 g/mol. The van der Waals surface area contributed by atoms with Gasteiger partial charge in [0.15, 0.2) is 0 Å². The molecule has 0 fully saturated rings. The summed E-state index contributed by atoms with van der Waals surface area (Å²) in [4.78, 5) is 1.32. The van der Waals surface area contributed by atoms with Gasteiger partial charge in [0.05, 0.1) is 0 Å². The number of thioether (sulfide) groups is 1. The maximum Gasteiger partial charge on any atom is 0.0147 e. The van der Waals surface area contributed by atoms with Crippen molar-refractivity contribution in [2.24, 2.45) is 0 Å². The molecule has 0 aliphatic carbocycles. The van der Waals surface area contributed by atoms with Gasteiger partial charge in [-0.15, -0.1) is 11.8 Å². The molecule has 0 aliphatic rings. The Morgan fingerprint density at radius 2 is 2.08 bits per heavy atom. The van der Waals surface area contributed by atoms with E-state index in [-0.39, 0.29) is 0 Å². The van der Waals surface area contributed by atoms with Crippen LogP contribution in [0.4, 0.5) is 0 Å². The van der Waals surface area contributed by atoms with Gasteiger partial charge in [-0.3, -0.25) is 0 Å². The maximum atomic E-state index is 3.95. The van der Waals surface area contributed by atoms with E-state index in [4.69, 9.17) is 0 Å². The maximum absolute atomic E-state index is 3.95. The zero-order valence-corrected chi connectivity index (χ0v) is 8.66. The van der Waals surface area contributed by atoms with E-state index in [0.717, 1.165) is 5.57 Å². The van der Waals surface area contributed by atoms with Crippen molar-refractivity contribution in [2.75, 3.05) is 6.26 Å². The molecule has 0 radical (unpaired) electrons. The van der Waals surface area contributed by atoms with E-state index in [9.17, 15) is 0 Å². The number of hydrogen-bond acceptors (Lipinski definition) is 1. The minimum Gasteiger partial charge on any atom is -0.129 e. The lowest BCUT2D eigenvalue weighted by atomic mass is 10.1. The number of aryl methyl sites for hydroxylation is 1. The van der Waals surface area contributed by atoms with E-state index in [2.05, 4.69) is 38.0 Å². The quantitative estimate of drug-likeness (QED) is 0.621. The first kappa shape index (κ1) is 9.40. The molecule has 0 amide bonds. The minimum atomic E-state index is 1.14. The van der Waals surface area contributed by atoms with Gasteiger partial charge in [-0.05, 0) is 42.9 Å². The second-order valence-electron chi connectivity index (χ2n) is 2.98. The Kier molecular flexibility index (Phi) is 2.99. The van der Waals surface area contributed by atoms with E-state index in [1.165, 1.54) is 16.0 Å². The zero-order chi connectivity index (χ0) is 9.14. The van der Waals surface area contributed by atoms with Crippen molar-refractivity contribution in [3.05, 3.63) is 35.9 Å². The van der Waals surface area contributed by atoms with Gasteiger partial charge in [0, 0.05) is 4.90 Å². The fourth-order valence-electron chi connectivity index (χ4n) is 1.15. The number of benzene rings is 1. The van der Waals surface area contributed by atoms with Gasteiger partial charge in [0.1, 0.15) is 0 Å². The van der Waals surface area contributed by atoms with Crippen molar-refractivity contribution in [3.8, 4) is 0 Å². The fraction of sp³-hybridized carbons (Fsp3) is 0.273. The van der Waals surface area contributed by atoms with Crippen molar-refractivity contribution in [1.29, 1.82) is 0 Å². The van der Waals surface area contributed by atoms with Gasteiger partial charge >= 0.3 is 0 Å². The summed E-state index contributed by atoms with van der Waals surface area (Å²) in [6.45, 7) is 8.11. The van der Waals surface area contributed by atoms with Gasteiger partial charge in [0.25, 0.3) is 0 Å². The van der Waals surface area contributed by atoms with Gasteiger partial charge in [-0.1, -0.05) is 18.7 Å². The molecule has 0 nitrogen and oxygen atoms in total. The molecule has 0 spiro atoms. The molecular formula is C11H14S. The van der Waals surface area contributed by atoms with E-state index >= 15 is 0 Å². The summed E-state index contributed by atoms with van der Waals surface area (Å²) in [6, 6.07) is 6.47. The van der Waals surface area contributed by atoms with Crippen LogP contribution in [0.1, 0.15) is 18.1 Å². The highest BCUT2D eigenvalue weighted by atomic mass is 32.2. The minimum absolute atomic E-state index is 1.14. The summed E-state index contributed by atoms with van der Waals surface area (Å²) >= 11 is 1.78. The first-order valence-corrected chi connectivity index (χ1v) is 5.18. The zero-order valence-electron chi connectivity index (χ0n) is 7.85. The molecule has 0 N–H and O–H groups in total. The molecule has 0 bridgehead atoms. The van der Waals surface area contributed by atoms with Crippen LogP contribution in [-0.2, 0) is 0 Å². The van der Waals surface area contributed by atoms with Crippen molar-refractivity contribution in [1.82, 2.24) is 0 Å². The smallest absolute Gasteiger partial charge is 0.0147 e. The van der Waals surface area contributed by atoms with Crippen molar-refractivity contribution in [2.45, 2.75) is 18.7 Å². The normalized spacial score (nSPS) is 9.92. The lowest BCUT2D eigenvalue weighted by molar-refractivity contribution is 1.32. The summed E-state index contributed by atoms with van der Waals surface area (Å²) in [5, 5.41) is 0. The van der Waals surface area contributed by atoms with Gasteiger partial charge < -0.3 is 0 Å². The first-order valence-electron chi connectivity index (χ1n) is 3.95. The Labute approximate surface area is 78.7 Å². The van der Waals surface area contributed by atoms with Gasteiger partial charge in [0.2, 0.25) is 0 Å². The molecule has 64 valence electrons. The molecule has 0 aromatic heterocycles. The third-order valence-corrected chi connectivity index (χ3v) is 2.59. The van der Waals surface area contributed by atoms with Crippen LogP contribution in [0.3, 0.4) is 0 Å². The van der Waals surface area contributed by atoms with Crippen molar-refractivity contribution < 1.29 is 0 Å². The third kappa shape index (κ3) is 1.92. The molecule has 0 unspecified atom stereocenters. The van der Waals surface area contributed by atoms with E-state index in [1.54, 1.807) is 11.8 Å². The van der Waals surface area contributed by atoms with Crippen molar-refractivity contribution >= 4 is 17.3 Å². The van der Waals surface area contributed by atoms with Crippen LogP contribution in [0.5, 0.6) is 0 Å². The average Bonchev–Trinajstić information content (AvgIpc) is 2.03. The molecule has 1 aromatic carbocycles. The molecule has 0 heterocycles. The standard InChI is InChI=1S/C11H14S/c1-8(2)10-6-5-9(3)7-11(10)12-4/h5-7H,1H2,2-4H3. The second-order valence-corrected chi connectivity index (χ2v) is 3.83. The summed E-state index contributed by atoms with van der Waals surface area (Å²) in [7, 11) is 0. The summed E-state index contributed by atoms with van der Waals surface area (Å²) in [5.41, 5.74) is 3.72. The van der Waals surface area contributed by atoms with Crippen LogP contribution in [0, 0.1) is 6.92 Å². The molecule has 1 rings (SSSR count). The molecule has 1 heteroatoms. The highest BCUT2D eigenvalue weighted by molar-refractivity contribution is 7.98. The summed E-state index contributed by atoms with van der Waals surface area (Å²) in [6.07, 6.45) is 2.10. The van der Waals surface area contributed by atoms with Crippen LogP contribution >= 0.6 is 11.8 Å². The van der Waals surface area contributed by atoms with Crippen LogP contribution in [-0.4, -0.2) is 6.26 Å². The lowest BCUT2D eigenvalue weighted by Gasteiger charge is -2.07. The Morgan fingerprint density at radius 1 is 1.42 bits per heavy atom. The number of allylic oxidation sites excluding steroid dienone is 1. The first-order chi connectivity index (χ1) is 5.65. The molecule has 12 heavy (non-hydrogen) atoms. The van der Waals surface area contributed by atoms with E-state index < -0.39 is 0 Å². The predicted molar refractivity (Wildman–Crippen MR) is 57.7 cm³/mol. The highest BCUT2D eigenvalue weighted by Gasteiger charge is 2.00. The second kappa shape index (κ2) is 3.81. The third-order valence-electron chi connectivity index (χ3n) is 1.82. The molecule has 0 atom stereocenters. The average molecular weight is 178 g/mol. The predicted octanol–water partition coefficient (Wildman–Crippen LogP) is 3.75. The number of hydrogen-bond donors (Lipinski definition) is 0. The van der Waals surface area contributed by atoms with Crippen LogP contribution in [0.25, 0.3) is 5.57 Å². The van der Waals surface area contributed by atoms with Crippen LogP contribution in [0.15, 0.2) is 29.7 Å². The van der Waals surface area contributed by atoms with E-state index in [1.807, 2.05) is 6.92 Å². The largest absolute Gasteiger partial charge is 0.129 e. The number of rotatable bonds is 2. The summed E-state index contributed by atoms with van der Waals surface area (Å²) < 4.78 is 0. The molecule has 0 saturated heterocycles. The van der Waals surface area contributed by atoms with Crippen LogP contribution < -0.4 is 0 Å². The molecule has 1 aromatic rings. The van der Waals surface area contributed by atoms with E-state index in [0.29, 0.717) is 0 Å². The molecular weight excluding hydrogens is 164 g/mol. The Morgan fingerprint density at radius 3 is 2.58 bits per heavy atom. The van der Waals surface area contributed by atoms with Crippen LogP contribution in [0.2, 0.25) is 0 Å². The van der Waals surface area contributed by atoms with Crippen molar-refractivity contribution in [3.63, 3.8) is 0 Å².